The van der Waals surface area contributed by atoms with E-state index >= 15 is 0 Å². The molecule has 0 aliphatic heterocycles. The Kier molecular flexibility index (Phi) is 7.55. The zero-order chi connectivity index (χ0) is 20.0. The van der Waals surface area contributed by atoms with Crippen molar-refractivity contribution in [3.63, 3.8) is 0 Å². The Hall–Kier alpha value is -2.20. The molecule has 1 aromatic carbocycles. The van der Waals surface area contributed by atoms with Gasteiger partial charge in [-0.3, -0.25) is 4.79 Å². The number of anilines is 1. The van der Waals surface area contributed by atoms with Crippen molar-refractivity contribution < 1.29 is 13.9 Å². The molecule has 3 N–H and O–H groups in total. The highest BCUT2D eigenvalue weighted by molar-refractivity contribution is 6.36. The summed E-state index contributed by atoms with van der Waals surface area (Å²) in [6, 6.07) is 4.16. The van der Waals surface area contributed by atoms with Gasteiger partial charge < -0.3 is 15.8 Å². The van der Waals surface area contributed by atoms with Crippen LogP contribution in [0.5, 0.6) is 5.75 Å². The van der Waals surface area contributed by atoms with Gasteiger partial charge in [-0.25, -0.2) is 9.37 Å². The average Bonchev–Trinajstić information content (AvgIpc) is 2.64. The molecule has 2 aromatic rings. The highest BCUT2D eigenvalue weighted by Gasteiger charge is 2.19. The van der Waals surface area contributed by atoms with Gasteiger partial charge in [0.15, 0.2) is 11.6 Å². The largest absolute Gasteiger partial charge is 0.482 e. The minimum Gasteiger partial charge on any atom is -0.482 e. The molecule has 1 aromatic heterocycles. The summed E-state index contributed by atoms with van der Waals surface area (Å²) in [6.45, 7) is 1.79. The number of halogens is 4. The minimum absolute atomic E-state index is 0.118. The average molecular weight is 431 g/mol. The van der Waals surface area contributed by atoms with Crippen molar-refractivity contribution in [1.82, 2.24) is 10.3 Å². The first-order valence-corrected chi connectivity index (χ1v) is 8.99. The third-order valence-corrected chi connectivity index (χ3v) is 4.36. The monoisotopic (exact) mass is 429 g/mol. The quantitative estimate of drug-likeness (QED) is 0.428. The highest BCUT2D eigenvalue weighted by atomic mass is 35.5. The number of amides is 1. The van der Waals surface area contributed by atoms with Crippen molar-refractivity contribution in [2.45, 2.75) is 13.0 Å². The number of nitrogen functional groups attached to an aromatic ring is 1. The molecule has 9 heteroatoms. The molecule has 0 saturated carbocycles. The zero-order valence-electron chi connectivity index (χ0n) is 14.2. The van der Waals surface area contributed by atoms with Crippen LogP contribution in [0.25, 0.3) is 0 Å². The number of nitrogens with zero attached hydrogens (tertiary/aromatic N) is 1. The molecule has 1 unspecified atom stereocenters. The molecule has 0 spiro atoms. The van der Waals surface area contributed by atoms with Gasteiger partial charge >= 0.3 is 0 Å². The van der Waals surface area contributed by atoms with Crippen LogP contribution in [-0.4, -0.2) is 23.3 Å². The van der Waals surface area contributed by atoms with Gasteiger partial charge in [0, 0.05) is 28.4 Å². The van der Waals surface area contributed by atoms with Crippen LogP contribution in [0, 0.1) is 17.7 Å². The topological polar surface area (TPSA) is 77.2 Å². The molecule has 0 fully saturated rings. The molecule has 0 aliphatic rings. The lowest BCUT2D eigenvalue weighted by Crippen LogP contribution is -2.24. The zero-order valence-corrected chi connectivity index (χ0v) is 16.4. The van der Waals surface area contributed by atoms with Gasteiger partial charge in [-0.05, 0) is 19.1 Å². The van der Waals surface area contributed by atoms with E-state index in [9.17, 15) is 9.18 Å². The molecule has 0 aliphatic carbocycles. The van der Waals surface area contributed by atoms with Crippen molar-refractivity contribution in [3.05, 3.63) is 51.4 Å². The standard InChI is InChI=1S/C18H15Cl3FN3O2/c1-10(16-12(20)4-5-13(22)17(16)21)27-14-7-11(9-25-18(14)23)3-2-6-24-15(26)8-19/h4-5,7,9-10H,6,8H2,1H3,(H2,23,25)(H,24,26). The van der Waals surface area contributed by atoms with Crippen LogP contribution in [0.4, 0.5) is 10.2 Å². The molecule has 5 nitrogen and oxygen atoms in total. The van der Waals surface area contributed by atoms with Gasteiger partial charge in [-0.1, -0.05) is 35.0 Å². The first-order chi connectivity index (χ1) is 12.8. The fraction of sp³-hybridized carbons (Fsp3) is 0.222. The Balaban J connectivity index is 2.19. The lowest BCUT2D eigenvalue weighted by molar-refractivity contribution is -0.118. The second-order valence-electron chi connectivity index (χ2n) is 5.34. The molecule has 1 heterocycles. The van der Waals surface area contributed by atoms with E-state index in [2.05, 4.69) is 22.1 Å². The van der Waals surface area contributed by atoms with Crippen LogP contribution in [-0.2, 0) is 4.79 Å². The lowest BCUT2D eigenvalue weighted by Gasteiger charge is -2.18. The molecule has 142 valence electrons. The summed E-state index contributed by atoms with van der Waals surface area (Å²) in [6.07, 6.45) is 0.779. The molecule has 27 heavy (non-hydrogen) atoms. The van der Waals surface area contributed by atoms with Crippen molar-refractivity contribution in [2.75, 3.05) is 18.2 Å². The number of alkyl halides is 1. The number of benzene rings is 1. The molecule has 2 rings (SSSR count). The van der Waals surface area contributed by atoms with Crippen molar-refractivity contribution in [3.8, 4) is 17.6 Å². The number of pyridine rings is 1. The Morgan fingerprint density at radius 2 is 2.19 bits per heavy atom. The summed E-state index contributed by atoms with van der Waals surface area (Å²) in [5, 5.41) is 2.67. The third-order valence-electron chi connectivity index (χ3n) is 3.40. The molecule has 1 amide bonds. The summed E-state index contributed by atoms with van der Waals surface area (Å²) in [5.41, 5.74) is 6.66. The first kappa shape index (κ1) is 21.1. The maximum Gasteiger partial charge on any atom is 0.235 e. The summed E-state index contributed by atoms with van der Waals surface area (Å²) >= 11 is 17.5. The van der Waals surface area contributed by atoms with E-state index in [1.165, 1.54) is 18.3 Å². The number of ether oxygens (including phenoxy) is 1. The maximum atomic E-state index is 13.7. The Morgan fingerprint density at radius 3 is 2.89 bits per heavy atom. The second kappa shape index (κ2) is 9.65. The fourth-order valence-electron chi connectivity index (χ4n) is 2.12. The molecule has 0 saturated heterocycles. The van der Waals surface area contributed by atoms with E-state index in [0.717, 1.165) is 0 Å². The van der Waals surface area contributed by atoms with E-state index < -0.39 is 11.9 Å². The lowest BCUT2D eigenvalue weighted by atomic mass is 10.1. The number of hydrogen-bond donors (Lipinski definition) is 2. The summed E-state index contributed by atoms with van der Waals surface area (Å²) in [5.74, 6) is 4.90. The number of hydrogen-bond acceptors (Lipinski definition) is 4. The van der Waals surface area contributed by atoms with Gasteiger partial charge in [0.05, 0.1) is 11.6 Å². The van der Waals surface area contributed by atoms with Crippen molar-refractivity contribution in [2.24, 2.45) is 0 Å². The van der Waals surface area contributed by atoms with E-state index in [0.29, 0.717) is 11.1 Å². The van der Waals surface area contributed by atoms with E-state index in [1.807, 2.05) is 0 Å². The number of aromatic nitrogens is 1. The maximum absolute atomic E-state index is 13.7. The number of rotatable bonds is 5. The SMILES string of the molecule is CC(Oc1cc(C#CCNC(=O)CCl)cnc1N)c1c(Cl)ccc(F)c1Cl. The van der Waals surface area contributed by atoms with Crippen molar-refractivity contribution in [1.29, 1.82) is 0 Å². The molecule has 1 atom stereocenters. The van der Waals surface area contributed by atoms with Gasteiger partial charge in [0.25, 0.3) is 0 Å². The van der Waals surface area contributed by atoms with Gasteiger partial charge in [-0.15, -0.1) is 11.6 Å². The van der Waals surface area contributed by atoms with Gasteiger partial charge in [0.1, 0.15) is 17.8 Å². The van der Waals surface area contributed by atoms with Crippen LogP contribution in [0.1, 0.15) is 24.2 Å². The van der Waals surface area contributed by atoms with Crippen LogP contribution in [0.3, 0.4) is 0 Å². The van der Waals surface area contributed by atoms with E-state index in [1.54, 1.807) is 13.0 Å². The number of nitrogens with two attached hydrogens (primary N) is 1. The molecule has 0 radical (unpaired) electrons. The molecular formula is C18H15Cl3FN3O2. The first-order valence-electron chi connectivity index (χ1n) is 7.70. The van der Waals surface area contributed by atoms with Crippen molar-refractivity contribution >= 4 is 46.5 Å². The minimum atomic E-state index is -0.684. The van der Waals surface area contributed by atoms with E-state index in [-0.39, 0.29) is 39.9 Å². The Morgan fingerprint density at radius 1 is 1.44 bits per heavy atom. The number of carbonyl (C=O) groups is 1. The predicted molar refractivity (Wildman–Crippen MR) is 105 cm³/mol. The Bertz CT molecular complexity index is 913. The van der Waals surface area contributed by atoms with Gasteiger partial charge in [0.2, 0.25) is 5.91 Å². The summed E-state index contributed by atoms with van der Waals surface area (Å²) < 4.78 is 19.5. The second-order valence-corrected chi connectivity index (χ2v) is 6.39. The third kappa shape index (κ3) is 5.64. The van der Waals surface area contributed by atoms with Crippen LogP contribution in [0.15, 0.2) is 24.4 Å². The number of carbonyl (C=O) groups excluding carboxylic acids is 1. The van der Waals surface area contributed by atoms with Crippen LogP contribution < -0.4 is 15.8 Å². The smallest absolute Gasteiger partial charge is 0.235 e. The van der Waals surface area contributed by atoms with E-state index in [4.69, 9.17) is 45.3 Å². The Labute approximate surface area is 171 Å². The van der Waals surface area contributed by atoms with Crippen LogP contribution >= 0.6 is 34.8 Å². The highest BCUT2D eigenvalue weighted by Crippen LogP contribution is 2.35. The summed E-state index contributed by atoms with van der Waals surface area (Å²) in [4.78, 5) is 15.1. The predicted octanol–water partition coefficient (Wildman–Crippen LogP) is 3.96. The van der Waals surface area contributed by atoms with Crippen LogP contribution in [0.2, 0.25) is 10.0 Å². The summed E-state index contributed by atoms with van der Waals surface area (Å²) in [7, 11) is 0. The van der Waals surface area contributed by atoms with Gasteiger partial charge in [-0.2, -0.15) is 0 Å². The molecule has 0 bridgehead atoms. The number of nitrogens with one attached hydrogen (secondary N) is 1. The fourth-order valence-corrected chi connectivity index (χ4v) is 2.89. The normalized spacial score (nSPS) is 11.3. The molecular weight excluding hydrogens is 416 g/mol.